The van der Waals surface area contributed by atoms with E-state index in [1.54, 1.807) is 6.20 Å². The first-order valence-corrected chi connectivity index (χ1v) is 4.55. The highest BCUT2D eigenvalue weighted by molar-refractivity contribution is 6.07. The number of amidine groups is 1. The molecule has 4 nitrogen and oxygen atoms in total. The summed E-state index contributed by atoms with van der Waals surface area (Å²) in [7, 11) is 0. The van der Waals surface area contributed by atoms with Crippen molar-refractivity contribution in [3.8, 4) is 0 Å². The Bertz CT molecular complexity index is 470. The van der Waals surface area contributed by atoms with E-state index in [0.29, 0.717) is 12.4 Å². The molecule has 4 heteroatoms. The number of aromatic amines is 1. The van der Waals surface area contributed by atoms with Gasteiger partial charge in [-0.05, 0) is 19.1 Å². The molecular weight excluding hydrogens is 176 g/mol. The smallest absolute Gasteiger partial charge is 0.137 e. The summed E-state index contributed by atoms with van der Waals surface area (Å²) >= 11 is 0. The predicted molar refractivity (Wildman–Crippen MR) is 57.4 cm³/mol. The summed E-state index contributed by atoms with van der Waals surface area (Å²) in [5.74, 6) is 0.569. The quantitative estimate of drug-likeness (QED) is 0.550. The number of aliphatic imine (C=N–C) groups is 1. The molecule has 0 saturated carbocycles. The van der Waals surface area contributed by atoms with Gasteiger partial charge < -0.3 is 10.7 Å². The zero-order valence-corrected chi connectivity index (χ0v) is 7.99. The van der Waals surface area contributed by atoms with Gasteiger partial charge >= 0.3 is 0 Å². The van der Waals surface area contributed by atoms with Crippen LogP contribution in [0.15, 0.2) is 29.5 Å². The van der Waals surface area contributed by atoms with E-state index in [2.05, 4.69) is 15.0 Å². The fourth-order valence-electron chi connectivity index (χ4n) is 1.44. The number of nitrogens with one attached hydrogen (secondary N) is 1. The van der Waals surface area contributed by atoms with Crippen molar-refractivity contribution >= 4 is 16.9 Å². The van der Waals surface area contributed by atoms with E-state index in [0.717, 1.165) is 16.6 Å². The number of nitrogens with two attached hydrogens (primary N) is 1. The van der Waals surface area contributed by atoms with Gasteiger partial charge in [-0.2, -0.15) is 0 Å². The number of pyridine rings is 1. The molecule has 0 aliphatic heterocycles. The molecule has 3 N–H and O–H groups in total. The van der Waals surface area contributed by atoms with Crippen molar-refractivity contribution in [1.29, 1.82) is 0 Å². The van der Waals surface area contributed by atoms with E-state index in [9.17, 15) is 0 Å². The molecule has 0 amide bonds. The lowest BCUT2D eigenvalue weighted by Crippen LogP contribution is -2.14. The molecule has 0 unspecified atom stereocenters. The highest BCUT2D eigenvalue weighted by Gasteiger charge is 2.04. The van der Waals surface area contributed by atoms with E-state index >= 15 is 0 Å². The lowest BCUT2D eigenvalue weighted by molar-refractivity contribution is 1.12. The summed E-state index contributed by atoms with van der Waals surface area (Å²) in [6.45, 7) is 2.66. The Labute approximate surface area is 81.9 Å². The maximum absolute atomic E-state index is 5.84. The summed E-state index contributed by atoms with van der Waals surface area (Å²) in [5, 5.41) is 1.02. The second-order valence-corrected chi connectivity index (χ2v) is 2.96. The molecule has 0 radical (unpaired) electrons. The van der Waals surface area contributed by atoms with E-state index in [-0.39, 0.29) is 0 Å². The summed E-state index contributed by atoms with van der Waals surface area (Å²) in [4.78, 5) is 11.4. The molecule has 14 heavy (non-hydrogen) atoms. The summed E-state index contributed by atoms with van der Waals surface area (Å²) < 4.78 is 0. The number of nitrogens with zero attached hydrogens (tertiary/aromatic N) is 2. The van der Waals surface area contributed by atoms with E-state index in [1.165, 1.54) is 0 Å². The minimum Gasteiger partial charge on any atom is -0.383 e. The second kappa shape index (κ2) is 3.49. The zero-order chi connectivity index (χ0) is 9.97. The van der Waals surface area contributed by atoms with Crippen LogP contribution < -0.4 is 5.73 Å². The predicted octanol–water partition coefficient (Wildman–Crippen LogP) is 1.29. The zero-order valence-electron chi connectivity index (χ0n) is 7.99. The van der Waals surface area contributed by atoms with Gasteiger partial charge in [0.1, 0.15) is 11.5 Å². The summed E-state index contributed by atoms with van der Waals surface area (Å²) in [6, 6.07) is 3.83. The van der Waals surface area contributed by atoms with E-state index < -0.39 is 0 Å². The first-order valence-electron chi connectivity index (χ1n) is 4.55. The first kappa shape index (κ1) is 8.74. The maximum Gasteiger partial charge on any atom is 0.137 e. The van der Waals surface area contributed by atoms with E-state index in [4.69, 9.17) is 5.73 Å². The van der Waals surface area contributed by atoms with Gasteiger partial charge in [0.25, 0.3) is 0 Å². The molecule has 2 aromatic rings. The molecule has 0 aromatic carbocycles. The molecular formula is C10H12N4. The Balaban J connectivity index is 2.61. The van der Waals surface area contributed by atoms with E-state index in [1.807, 2.05) is 25.3 Å². The molecule has 0 saturated heterocycles. The molecule has 72 valence electrons. The summed E-state index contributed by atoms with van der Waals surface area (Å²) in [6.07, 6.45) is 3.58. The number of rotatable bonds is 2. The third-order valence-corrected chi connectivity index (χ3v) is 2.06. The fraction of sp³-hybridized carbons (Fsp3) is 0.200. The van der Waals surface area contributed by atoms with Crippen LogP contribution in [0.5, 0.6) is 0 Å². The normalized spacial score (nSPS) is 12.2. The van der Waals surface area contributed by atoms with Crippen molar-refractivity contribution in [3.63, 3.8) is 0 Å². The van der Waals surface area contributed by atoms with Crippen LogP contribution in [-0.4, -0.2) is 22.3 Å². The maximum atomic E-state index is 5.84. The molecule has 0 fully saturated rings. The Morgan fingerprint density at radius 2 is 2.43 bits per heavy atom. The SMILES string of the molecule is CC/N=C(\N)c1ccnc2[nH]ccc12. The van der Waals surface area contributed by atoms with Crippen LogP contribution in [0.1, 0.15) is 12.5 Å². The Morgan fingerprint density at radius 1 is 1.57 bits per heavy atom. The number of fused-ring (bicyclic) bond motifs is 1. The third kappa shape index (κ3) is 1.35. The number of hydrogen-bond donors (Lipinski definition) is 2. The third-order valence-electron chi connectivity index (χ3n) is 2.06. The largest absolute Gasteiger partial charge is 0.383 e. The van der Waals surface area contributed by atoms with Gasteiger partial charge in [0, 0.05) is 29.9 Å². The van der Waals surface area contributed by atoms with Gasteiger partial charge in [0.15, 0.2) is 0 Å². The topological polar surface area (TPSA) is 67.1 Å². The van der Waals surface area contributed by atoms with Gasteiger partial charge in [-0.15, -0.1) is 0 Å². The average molecular weight is 188 g/mol. The average Bonchev–Trinajstić information content (AvgIpc) is 2.65. The van der Waals surface area contributed by atoms with Crippen molar-refractivity contribution in [2.75, 3.05) is 6.54 Å². The second-order valence-electron chi connectivity index (χ2n) is 2.96. The fourth-order valence-corrected chi connectivity index (χ4v) is 1.44. The van der Waals surface area contributed by atoms with Gasteiger partial charge in [-0.3, -0.25) is 4.99 Å². The van der Waals surface area contributed by atoms with Crippen molar-refractivity contribution in [2.24, 2.45) is 10.7 Å². The van der Waals surface area contributed by atoms with Crippen LogP contribution in [0.3, 0.4) is 0 Å². The molecule has 0 spiro atoms. The van der Waals surface area contributed by atoms with Gasteiger partial charge in [0.2, 0.25) is 0 Å². The van der Waals surface area contributed by atoms with Crippen LogP contribution in [0.25, 0.3) is 11.0 Å². The molecule has 2 rings (SSSR count). The number of aromatic nitrogens is 2. The van der Waals surface area contributed by atoms with Crippen LogP contribution in [0, 0.1) is 0 Å². The number of hydrogen-bond acceptors (Lipinski definition) is 2. The van der Waals surface area contributed by atoms with Crippen LogP contribution >= 0.6 is 0 Å². The van der Waals surface area contributed by atoms with Gasteiger partial charge in [0.05, 0.1) is 0 Å². The van der Waals surface area contributed by atoms with Crippen LogP contribution in [0.4, 0.5) is 0 Å². The Hall–Kier alpha value is -1.84. The Morgan fingerprint density at radius 3 is 3.21 bits per heavy atom. The lowest BCUT2D eigenvalue weighted by atomic mass is 10.2. The summed E-state index contributed by atoms with van der Waals surface area (Å²) in [5.41, 5.74) is 7.63. The van der Waals surface area contributed by atoms with Crippen LogP contribution in [0.2, 0.25) is 0 Å². The minimum atomic E-state index is 0.569. The molecule has 0 aliphatic carbocycles. The standard InChI is InChI=1S/C10H12N4/c1-2-12-9(11)7-3-5-13-10-8(7)4-6-14-10/h3-6H,2H2,1H3,(H2,11,12)(H,13,14). The first-order chi connectivity index (χ1) is 6.83. The minimum absolute atomic E-state index is 0.569. The van der Waals surface area contributed by atoms with Gasteiger partial charge in [-0.25, -0.2) is 4.98 Å². The van der Waals surface area contributed by atoms with Crippen LogP contribution in [-0.2, 0) is 0 Å². The van der Waals surface area contributed by atoms with Crippen molar-refractivity contribution in [1.82, 2.24) is 9.97 Å². The highest BCUT2D eigenvalue weighted by Crippen LogP contribution is 2.14. The lowest BCUT2D eigenvalue weighted by Gasteiger charge is -2.01. The molecule has 0 atom stereocenters. The molecule has 0 bridgehead atoms. The van der Waals surface area contributed by atoms with Crippen molar-refractivity contribution < 1.29 is 0 Å². The highest BCUT2D eigenvalue weighted by atomic mass is 14.9. The van der Waals surface area contributed by atoms with Gasteiger partial charge in [-0.1, -0.05) is 0 Å². The molecule has 2 aromatic heterocycles. The number of H-pyrrole nitrogens is 1. The van der Waals surface area contributed by atoms with Crippen molar-refractivity contribution in [2.45, 2.75) is 6.92 Å². The molecule has 2 heterocycles. The monoisotopic (exact) mass is 188 g/mol. The Kier molecular flexibility index (Phi) is 2.18. The van der Waals surface area contributed by atoms with Crippen molar-refractivity contribution in [3.05, 3.63) is 30.1 Å². The molecule has 0 aliphatic rings.